The number of hydrogen-bond acceptors (Lipinski definition) is 0. The van der Waals surface area contributed by atoms with Crippen molar-refractivity contribution in [2.24, 2.45) is 0 Å². The Kier molecular flexibility index (Phi) is 8.63. The van der Waals surface area contributed by atoms with E-state index in [1.54, 1.807) is 22.3 Å². The molecular formula is C30H52GeSi3. The standard InChI is InChI=1S/C30H52GeSi3/c1-21-17-23(3)27(24(4)18-21)31(28-25(5)19-22(2)20-26(28)6)32(33(13,14)29(7,8)9)34(15,16)30(10,11)12/h17-20H,1-16H3. The summed E-state index contributed by atoms with van der Waals surface area (Å²) < 4.78 is 3.65. The summed E-state index contributed by atoms with van der Waals surface area (Å²) in [5, 5.41) is 0.822. The predicted molar refractivity (Wildman–Crippen MR) is 166 cm³/mol. The number of hydrogen-bond donors (Lipinski definition) is 0. The fraction of sp³-hybridized carbons (Fsp3) is 0.600. The maximum absolute atomic E-state index is 2.80. The van der Waals surface area contributed by atoms with Crippen molar-refractivity contribution in [2.75, 3.05) is 0 Å². The molecule has 4 heteroatoms. The van der Waals surface area contributed by atoms with E-state index in [4.69, 9.17) is 0 Å². The fourth-order valence-corrected chi connectivity index (χ4v) is 101. The van der Waals surface area contributed by atoms with Gasteiger partial charge in [-0.25, -0.2) is 0 Å². The van der Waals surface area contributed by atoms with Gasteiger partial charge in [0.25, 0.3) is 0 Å². The summed E-state index contributed by atoms with van der Waals surface area (Å²) in [7, 11) is -3.18. The van der Waals surface area contributed by atoms with Crippen molar-refractivity contribution in [1.82, 2.24) is 0 Å². The third-order valence-electron chi connectivity index (χ3n) is 9.10. The van der Waals surface area contributed by atoms with Crippen LogP contribution in [0.1, 0.15) is 74.9 Å². The Bertz CT molecular complexity index is 989. The van der Waals surface area contributed by atoms with Crippen LogP contribution in [0.25, 0.3) is 0 Å². The van der Waals surface area contributed by atoms with E-state index >= 15 is 0 Å². The molecule has 2 rings (SSSR count). The molecule has 0 unspecified atom stereocenters. The molecule has 0 nitrogen and oxygen atoms in total. The summed E-state index contributed by atoms with van der Waals surface area (Å²) in [6.07, 6.45) is 0. The van der Waals surface area contributed by atoms with E-state index in [2.05, 4.69) is 134 Å². The van der Waals surface area contributed by atoms with Crippen molar-refractivity contribution in [2.45, 2.75) is 119 Å². The van der Waals surface area contributed by atoms with Crippen molar-refractivity contribution in [3.05, 3.63) is 57.6 Å². The van der Waals surface area contributed by atoms with E-state index in [-0.39, 0.29) is 0 Å². The number of aryl methyl sites for hydroxylation is 6. The number of benzene rings is 2. The van der Waals surface area contributed by atoms with Crippen molar-refractivity contribution >= 4 is 43.1 Å². The van der Waals surface area contributed by atoms with Gasteiger partial charge in [0.1, 0.15) is 0 Å². The second-order valence-corrected chi connectivity index (χ2v) is 52.0. The zero-order valence-corrected chi connectivity index (χ0v) is 30.4. The molecule has 0 N–H and O–H groups in total. The SMILES string of the molecule is Cc1cc(C)[c]([Ge]([c]2c(C)cc(C)cc2C)=[Si]([Si](C)(C)C(C)(C)C)[Si](C)(C)C(C)(C)C)c(C)c1. The van der Waals surface area contributed by atoms with Crippen LogP contribution in [0.5, 0.6) is 0 Å². The third kappa shape index (κ3) is 5.48. The Morgan fingerprint density at radius 1 is 0.529 bits per heavy atom. The molecule has 0 aliphatic carbocycles. The summed E-state index contributed by atoms with van der Waals surface area (Å²) >= 11 is -1.90. The van der Waals surface area contributed by atoms with Gasteiger partial charge in [-0.05, 0) is 0 Å². The van der Waals surface area contributed by atoms with Crippen LogP contribution in [0.2, 0.25) is 36.3 Å². The van der Waals surface area contributed by atoms with Gasteiger partial charge in [-0.2, -0.15) is 0 Å². The van der Waals surface area contributed by atoms with Gasteiger partial charge < -0.3 is 0 Å². The van der Waals surface area contributed by atoms with E-state index in [0.717, 1.165) is 0 Å². The Morgan fingerprint density at radius 2 is 0.765 bits per heavy atom. The summed E-state index contributed by atoms with van der Waals surface area (Å²) in [6.45, 7) is 40.9. The molecule has 0 amide bonds. The van der Waals surface area contributed by atoms with Gasteiger partial charge >= 0.3 is 220 Å². The van der Waals surface area contributed by atoms with Gasteiger partial charge in [0, 0.05) is 0 Å². The predicted octanol–water partition coefficient (Wildman–Crippen LogP) is 7.89. The molecule has 0 saturated carbocycles. The van der Waals surface area contributed by atoms with E-state index in [1.165, 1.54) is 11.1 Å². The molecular weight excluding hydrogens is 517 g/mol. The molecule has 2 aromatic rings. The second kappa shape index (κ2) is 9.83. The summed E-state index contributed by atoms with van der Waals surface area (Å²) in [6, 6.07) is 9.96. The molecule has 0 aliphatic heterocycles. The average molecular weight is 570 g/mol. The van der Waals surface area contributed by atoms with Crippen LogP contribution in [-0.2, 0) is 0 Å². The first-order valence-electron chi connectivity index (χ1n) is 13.1. The minimum absolute atomic E-state index is 0.411. The van der Waals surface area contributed by atoms with Crippen LogP contribution >= 0.6 is 0 Å². The summed E-state index contributed by atoms with van der Waals surface area (Å²) in [5.41, 5.74) is 9.14. The van der Waals surface area contributed by atoms with Gasteiger partial charge in [-0.3, -0.25) is 0 Å². The first-order chi connectivity index (χ1) is 15.1. The first-order valence-corrected chi connectivity index (χ1v) is 27.8. The van der Waals surface area contributed by atoms with Crippen LogP contribution in [0.4, 0.5) is 0 Å². The van der Waals surface area contributed by atoms with E-state index < -0.39 is 34.3 Å². The van der Waals surface area contributed by atoms with Crippen molar-refractivity contribution < 1.29 is 0 Å². The Hall–Kier alpha value is -0.366. The van der Waals surface area contributed by atoms with E-state index in [9.17, 15) is 0 Å². The molecule has 2 aromatic carbocycles. The molecule has 188 valence electrons. The van der Waals surface area contributed by atoms with Gasteiger partial charge in [0.05, 0.1) is 0 Å². The van der Waals surface area contributed by atoms with Crippen LogP contribution < -0.4 is 8.79 Å². The second-order valence-electron chi connectivity index (χ2n) is 14.0. The topological polar surface area (TPSA) is 0 Å². The molecule has 0 aliphatic rings. The minimum atomic E-state index is -1.90. The van der Waals surface area contributed by atoms with Gasteiger partial charge in [0.15, 0.2) is 0 Å². The normalized spacial score (nSPS) is 13.3. The van der Waals surface area contributed by atoms with E-state index in [1.807, 2.05) is 8.79 Å². The molecule has 0 spiro atoms. The quantitative estimate of drug-likeness (QED) is 0.329. The molecule has 0 fully saturated rings. The van der Waals surface area contributed by atoms with Gasteiger partial charge in [-0.1, -0.05) is 0 Å². The van der Waals surface area contributed by atoms with Crippen LogP contribution in [0.3, 0.4) is 0 Å². The molecule has 0 radical (unpaired) electrons. The van der Waals surface area contributed by atoms with Gasteiger partial charge in [-0.15, -0.1) is 0 Å². The Balaban J connectivity index is 3.38. The molecule has 0 bridgehead atoms. The van der Waals surface area contributed by atoms with E-state index in [0.29, 0.717) is 10.1 Å². The van der Waals surface area contributed by atoms with Crippen molar-refractivity contribution in [3.63, 3.8) is 0 Å². The van der Waals surface area contributed by atoms with Crippen molar-refractivity contribution in [3.8, 4) is 0 Å². The van der Waals surface area contributed by atoms with Crippen molar-refractivity contribution in [1.29, 1.82) is 0 Å². The van der Waals surface area contributed by atoms with Crippen LogP contribution in [0.15, 0.2) is 24.3 Å². The summed E-state index contributed by atoms with van der Waals surface area (Å²) in [4.78, 5) is 0. The van der Waals surface area contributed by atoms with Crippen LogP contribution in [0, 0.1) is 41.5 Å². The zero-order valence-electron chi connectivity index (χ0n) is 25.3. The van der Waals surface area contributed by atoms with Gasteiger partial charge in [0.2, 0.25) is 0 Å². The molecule has 0 aromatic heterocycles. The molecule has 0 saturated heterocycles. The molecule has 34 heavy (non-hydrogen) atoms. The molecule has 0 heterocycles. The maximum atomic E-state index is 2.80. The summed E-state index contributed by atoms with van der Waals surface area (Å²) in [5.74, 6) is -0.624. The fourth-order valence-electron chi connectivity index (χ4n) is 5.68. The Morgan fingerprint density at radius 3 is 0.971 bits per heavy atom. The third-order valence-corrected chi connectivity index (χ3v) is 85.4. The van der Waals surface area contributed by atoms with Crippen LogP contribution in [-0.4, -0.2) is 34.3 Å². The first kappa shape index (κ1) is 29.9. The average Bonchev–Trinajstić information content (AvgIpc) is 2.57. The Labute approximate surface area is 219 Å². The molecule has 0 atom stereocenters. The zero-order chi connectivity index (χ0) is 26.6. The monoisotopic (exact) mass is 570 g/mol. The number of rotatable bonds is 4.